The molecule has 0 bridgehead atoms. The van der Waals surface area contributed by atoms with Crippen LogP contribution in [0.25, 0.3) is 5.69 Å². The average Bonchev–Trinajstić information content (AvgIpc) is 3.70. The number of nitrogens with one attached hydrogen (secondary N) is 1. The Labute approximate surface area is 441 Å². The maximum absolute atomic E-state index is 12.4. The number of carbonyl (C=O) groups excluding carboxylic acids is 4. The maximum Gasteiger partial charge on any atom is 0.442 e. The molecule has 1 amide bonds. The number of para-hydroxylation sites is 1. The van der Waals surface area contributed by atoms with Crippen molar-refractivity contribution < 1.29 is 70.7 Å². The van der Waals surface area contributed by atoms with Crippen molar-refractivity contribution in [1.29, 1.82) is 0 Å². The Morgan fingerprint density at radius 2 is 1.72 bits per heavy atom. The summed E-state index contributed by atoms with van der Waals surface area (Å²) in [5.41, 5.74) is 1.94. The number of aryl methyl sites for hydroxylation is 2. The number of carbonyl (C=O) groups is 5. The molecule has 5 rings (SSSR count). The van der Waals surface area contributed by atoms with E-state index in [2.05, 4.69) is 29.3 Å². The van der Waals surface area contributed by atoms with Crippen LogP contribution in [-0.4, -0.2) is 119 Å². The number of terminal acetylenes is 1. The van der Waals surface area contributed by atoms with Gasteiger partial charge in [0.15, 0.2) is 27.2 Å². The van der Waals surface area contributed by atoms with E-state index in [4.69, 9.17) is 70.0 Å². The normalized spacial score (nSPS) is 13.1. The van der Waals surface area contributed by atoms with E-state index >= 15 is 0 Å². The number of methoxy groups -OCH3 is 1. The van der Waals surface area contributed by atoms with Crippen molar-refractivity contribution in [2.45, 2.75) is 83.6 Å². The highest BCUT2D eigenvalue weighted by atomic mass is 35.5. The number of alkyl halides is 1. The van der Waals surface area contributed by atoms with Crippen molar-refractivity contribution >= 4 is 92.8 Å². The van der Waals surface area contributed by atoms with Gasteiger partial charge < -0.3 is 33.7 Å². The Hall–Kier alpha value is -5.80. The van der Waals surface area contributed by atoms with E-state index in [0.29, 0.717) is 30.4 Å². The quantitative estimate of drug-likeness (QED) is 0.0166. The number of anilines is 1. The Bertz CT molecular complexity index is 2950. The fraction of sp³-hybridized carbons (Fsp3) is 0.426. The number of ketones is 3. The number of halogens is 3. The van der Waals surface area contributed by atoms with Crippen LogP contribution in [0.4, 0.5) is 11.4 Å². The first-order chi connectivity index (χ1) is 34.3. The van der Waals surface area contributed by atoms with Gasteiger partial charge in [0, 0.05) is 43.8 Å². The molecule has 3 aromatic carbocycles. The van der Waals surface area contributed by atoms with Gasteiger partial charge in [0.25, 0.3) is 5.69 Å². The minimum atomic E-state index is -4.10. The predicted molar refractivity (Wildman–Crippen MR) is 276 cm³/mol. The van der Waals surface area contributed by atoms with E-state index in [-0.39, 0.29) is 52.2 Å². The van der Waals surface area contributed by atoms with E-state index < -0.39 is 86.8 Å². The summed E-state index contributed by atoms with van der Waals surface area (Å²) in [6.07, 6.45) is 6.80. The lowest BCUT2D eigenvalue weighted by Crippen LogP contribution is -2.43. The molecule has 0 saturated heterocycles. The Morgan fingerprint density at radius 3 is 2.20 bits per heavy atom. The van der Waals surface area contributed by atoms with Crippen LogP contribution in [0.5, 0.6) is 5.75 Å². The number of sulfone groups is 1. The van der Waals surface area contributed by atoms with Gasteiger partial charge in [0.1, 0.15) is 24.2 Å². The third-order valence-electron chi connectivity index (χ3n) is 10.1. The molecule has 1 unspecified atom stereocenters. The molecule has 1 atom stereocenters. The summed E-state index contributed by atoms with van der Waals surface area (Å²) in [4.78, 5) is 98.1. The Kier molecular flexibility index (Phi) is 25.0. The lowest BCUT2D eigenvalue weighted by Gasteiger charge is -2.31. The minimum absolute atomic E-state index is 0.0223. The SMILES string of the molecule is C#CCOc1cc(-n2nc(C(C)(C)C)oc2=O)c(Cl)cc1Cl.CCc1cccc(C)c1N(C(=O)CCl)C(C)COC.CS(=O)(=O)c1ccc(C(=O)C2C(=O)CCCC2=O)c([N+](=O)[O-])c1.O=C(O)CNCP(=O)(O)O. The van der Waals surface area contributed by atoms with Gasteiger partial charge in [-0.05, 0) is 56.0 Å². The summed E-state index contributed by atoms with van der Waals surface area (Å²) in [5, 5.41) is 25.9. The van der Waals surface area contributed by atoms with Gasteiger partial charge in [-0.2, -0.15) is 4.68 Å². The number of Topliss-reactive ketones (excluding diaryl/α,β-unsaturated/α-hetero) is 3. The summed E-state index contributed by atoms with van der Waals surface area (Å²) in [5.74, 6) is -2.56. The molecule has 27 heteroatoms. The van der Waals surface area contributed by atoms with Gasteiger partial charge >= 0.3 is 19.3 Å². The van der Waals surface area contributed by atoms with Crippen LogP contribution in [0.15, 0.2) is 62.6 Å². The zero-order valence-corrected chi connectivity index (χ0v) is 45.5. The number of hydrogen-bond donors (Lipinski definition) is 4. The largest absolute Gasteiger partial charge is 0.480 e. The minimum Gasteiger partial charge on any atom is -0.480 e. The number of aliphatic carboxylic acids is 1. The van der Waals surface area contributed by atoms with Crippen LogP contribution >= 0.6 is 42.4 Å². The van der Waals surface area contributed by atoms with Gasteiger partial charge in [-0.1, -0.05) is 75.0 Å². The van der Waals surface area contributed by atoms with Crippen LogP contribution in [0.3, 0.4) is 0 Å². The van der Waals surface area contributed by atoms with Gasteiger partial charge in [0.05, 0.1) is 62.3 Å². The fourth-order valence-electron chi connectivity index (χ4n) is 6.73. The number of aromatic nitrogens is 2. The third-order valence-corrected chi connectivity index (χ3v) is 12.7. The highest BCUT2D eigenvalue weighted by Crippen LogP contribution is 2.34. The van der Waals surface area contributed by atoms with E-state index in [1.165, 1.54) is 12.1 Å². The molecule has 4 aromatic rings. The number of nitrogens with zero attached hydrogens (tertiary/aromatic N) is 4. The van der Waals surface area contributed by atoms with Crippen LogP contribution in [-0.2, 0) is 50.2 Å². The number of carboxylic acid groups (broad SMARTS) is 1. The monoisotopic (exact) mass is 1130 g/mol. The molecular weight excluding hydrogens is 1080 g/mol. The number of nitro groups is 1. The third kappa shape index (κ3) is 19.2. The Balaban J connectivity index is 0.000000350. The second kappa shape index (κ2) is 28.8. The lowest BCUT2D eigenvalue weighted by molar-refractivity contribution is -0.385. The first-order valence-electron chi connectivity index (χ1n) is 22.0. The van der Waals surface area contributed by atoms with Crippen molar-refractivity contribution in [3.63, 3.8) is 0 Å². The van der Waals surface area contributed by atoms with E-state index in [1.54, 1.807) is 12.0 Å². The number of carboxylic acids is 1. The van der Waals surface area contributed by atoms with Gasteiger partial charge in [0.2, 0.25) is 11.8 Å². The summed E-state index contributed by atoms with van der Waals surface area (Å²) in [6, 6.07) is 11.8. The molecule has 74 heavy (non-hydrogen) atoms. The topological polar surface area (TPSA) is 322 Å². The first kappa shape index (κ1) is 64.3. The van der Waals surface area contributed by atoms with Crippen LogP contribution in [0.1, 0.15) is 81.3 Å². The van der Waals surface area contributed by atoms with Crippen molar-refractivity contribution in [2.75, 3.05) is 50.2 Å². The van der Waals surface area contributed by atoms with Crippen molar-refractivity contribution in [3.8, 4) is 23.8 Å². The average molecular weight is 1130 g/mol. The molecule has 1 aliphatic rings. The summed E-state index contributed by atoms with van der Waals surface area (Å²) in [7, 11) is -6.16. The Morgan fingerprint density at radius 1 is 1.09 bits per heavy atom. The van der Waals surface area contributed by atoms with E-state index in [1.807, 2.05) is 46.8 Å². The number of rotatable bonds is 17. The van der Waals surface area contributed by atoms with Crippen molar-refractivity contribution in [2.24, 2.45) is 5.92 Å². The number of benzene rings is 3. The molecule has 404 valence electrons. The molecule has 0 aliphatic heterocycles. The van der Waals surface area contributed by atoms with E-state index in [9.17, 15) is 51.9 Å². The standard InChI is InChI=1S/C15H14Cl2N2O3.C15H22ClNO2.C14H13NO7S.C3H8NO5P/c1-5-6-21-12-8-11(9(16)7-10(12)17)19-14(20)22-13(18-19)15(2,3)4;1-5-13-8-6-7-11(2)15(13)17(14(18)9-16)12(3)10-19-4;1-23(21,22)8-5-6-9(10(7-8)15(19)20)14(18)13-11(16)3-2-4-12(13)17;5-3(6)1-4-2-10(7,8)9/h1,7-8H,6H2,2-4H3;6-8,12H,5,9-10H2,1-4H3;5-7,13H,2-4H2,1H3;4H,1-2H2,(H,5,6)(H2,7,8,9). The van der Waals surface area contributed by atoms with Crippen molar-refractivity contribution in [1.82, 2.24) is 15.1 Å². The molecule has 1 aliphatic carbocycles. The molecule has 1 fully saturated rings. The molecule has 1 saturated carbocycles. The molecule has 0 spiro atoms. The number of amides is 1. The fourth-order valence-corrected chi connectivity index (χ4v) is 8.42. The van der Waals surface area contributed by atoms with Crippen LogP contribution in [0, 0.1) is 35.3 Å². The number of ether oxygens (including phenoxy) is 2. The highest BCUT2D eigenvalue weighted by Gasteiger charge is 2.39. The lowest BCUT2D eigenvalue weighted by atomic mass is 9.81. The van der Waals surface area contributed by atoms with Gasteiger partial charge in [-0.25, -0.2) is 13.2 Å². The summed E-state index contributed by atoms with van der Waals surface area (Å²) in [6.45, 7) is 11.8. The van der Waals surface area contributed by atoms with E-state index in [0.717, 1.165) is 52.4 Å². The molecular formula is C47H57Cl3N5O17PS. The first-order valence-corrected chi connectivity index (χ1v) is 27.0. The summed E-state index contributed by atoms with van der Waals surface area (Å²) < 4.78 is 49.7. The highest BCUT2D eigenvalue weighted by molar-refractivity contribution is 7.90. The zero-order valence-electron chi connectivity index (χ0n) is 41.6. The number of nitro benzene ring substituents is 1. The van der Waals surface area contributed by atoms with Gasteiger partial charge in [-0.15, -0.1) is 23.1 Å². The molecule has 0 radical (unpaired) electrons. The second-order valence-electron chi connectivity index (χ2n) is 17.1. The van der Waals surface area contributed by atoms with Crippen LogP contribution < -0.4 is 20.7 Å². The second-order valence-corrected chi connectivity index (χ2v) is 21.9. The predicted octanol–water partition coefficient (Wildman–Crippen LogP) is 6.52. The maximum atomic E-state index is 12.4. The molecule has 1 aromatic heterocycles. The molecule has 22 nitrogen and oxygen atoms in total. The zero-order chi connectivity index (χ0) is 56.5. The number of hydrogen-bond acceptors (Lipinski definition) is 16. The molecule has 4 N–H and O–H groups in total. The smallest absolute Gasteiger partial charge is 0.442 e. The van der Waals surface area contributed by atoms with Gasteiger partial charge in [-0.3, -0.25) is 44.0 Å². The van der Waals surface area contributed by atoms with Crippen molar-refractivity contribution in [3.05, 3.63) is 102 Å². The van der Waals surface area contributed by atoms with Crippen LogP contribution in [0.2, 0.25) is 10.0 Å². The molecule has 1 heterocycles. The summed E-state index contributed by atoms with van der Waals surface area (Å²) >= 11 is 17.9.